The molecule has 0 bridgehead atoms. The Hall–Kier alpha value is -2.18. The van der Waals surface area contributed by atoms with Gasteiger partial charge in [0.25, 0.3) is 0 Å². The van der Waals surface area contributed by atoms with Crippen molar-refractivity contribution in [1.29, 1.82) is 0 Å². The molecule has 0 fully saturated rings. The van der Waals surface area contributed by atoms with E-state index in [2.05, 4.69) is 10.6 Å². The Labute approximate surface area is 108 Å². The molecule has 2 amide bonds. The molecule has 0 unspecified atom stereocenters. The minimum Gasteiger partial charge on any atom is -0.481 e. The fraction of sp³-hybridized carbons (Fsp3) is 0.333. The van der Waals surface area contributed by atoms with Crippen LogP contribution in [0.4, 0.5) is 13.6 Å². The molecule has 0 radical (unpaired) electrons. The predicted octanol–water partition coefficient (Wildman–Crippen LogP) is 1.28. The molecule has 19 heavy (non-hydrogen) atoms. The van der Waals surface area contributed by atoms with E-state index in [0.29, 0.717) is 0 Å². The molecule has 1 rings (SSSR count). The zero-order chi connectivity index (χ0) is 14.3. The zero-order valence-corrected chi connectivity index (χ0v) is 10.1. The third-order valence-electron chi connectivity index (χ3n) is 2.35. The van der Waals surface area contributed by atoms with Crippen molar-refractivity contribution in [1.82, 2.24) is 10.6 Å². The van der Waals surface area contributed by atoms with E-state index in [1.54, 1.807) is 0 Å². The minimum absolute atomic E-state index is 0.00474. The molecule has 0 atom stereocenters. The first-order valence-electron chi connectivity index (χ1n) is 5.67. The number of carbonyl (C=O) groups is 2. The van der Waals surface area contributed by atoms with Crippen molar-refractivity contribution in [3.8, 4) is 0 Å². The Morgan fingerprint density at radius 1 is 1.11 bits per heavy atom. The molecule has 0 aliphatic carbocycles. The molecule has 0 saturated carbocycles. The quantitative estimate of drug-likeness (QED) is 0.730. The van der Waals surface area contributed by atoms with Crippen LogP contribution in [0.5, 0.6) is 0 Å². The highest BCUT2D eigenvalue weighted by Crippen LogP contribution is 2.11. The first-order chi connectivity index (χ1) is 9.00. The van der Waals surface area contributed by atoms with E-state index in [4.69, 9.17) is 5.11 Å². The van der Waals surface area contributed by atoms with Crippen LogP contribution < -0.4 is 10.6 Å². The van der Waals surface area contributed by atoms with Gasteiger partial charge in [0.1, 0.15) is 11.6 Å². The standard InChI is InChI=1S/C12H14F2N2O3/c13-9-2-1-3-10(14)8(9)4-6-15-12(19)16-7-5-11(17)18/h1-3H,4-7H2,(H,17,18)(H2,15,16,19). The summed E-state index contributed by atoms with van der Waals surface area (Å²) in [6, 6.07) is 2.98. The third-order valence-corrected chi connectivity index (χ3v) is 2.35. The van der Waals surface area contributed by atoms with Crippen LogP contribution in [0.25, 0.3) is 0 Å². The fourth-order valence-electron chi connectivity index (χ4n) is 1.42. The third kappa shape index (κ3) is 5.33. The lowest BCUT2D eigenvalue weighted by atomic mass is 10.1. The number of nitrogens with one attached hydrogen (secondary N) is 2. The highest BCUT2D eigenvalue weighted by Gasteiger charge is 2.08. The Morgan fingerprint density at radius 3 is 2.26 bits per heavy atom. The van der Waals surface area contributed by atoms with Crippen molar-refractivity contribution in [3.05, 3.63) is 35.4 Å². The van der Waals surface area contributed by atoms with Crippen molar-refractivity contribution in [3.63, 3.8) is 0 Å². The Kier molecular flexibility index (Phi) is 5.72. The van der Waals surface area contributed by atoms with E-state index in [1.165, 1.54) is 6.07 Å². The summed E-state index contributed by atoms with van der Waals surface area (Å²) in [5.41, 5.74) is -0.0895. The van der Waals surface area contributed by atoms with Crippen LogP contribution in [0, 0.1) is 11.6 Å². The first-order valence-corrected chi connectivity index (χ1v) is 5.67. The molecule has 0 heterocycles. The van der Waals surface area contributed by atoms with Gasteiger partial charge in [0.05, 0.1) is 6.42 Å². The van der Waals surface area contributed by atoms with Gasteiger partial charge in [-0.3, -0.25) is 4.79 Å². The monoisotopic (exact) mass is 272 g/mol. The number of urea groups is 1. The van der Waals surface area contributed by atoms with Crippen LogP contribution in [-0.4, -0.2) is 30.2 Å². The van der Waals surface area contributed by atoms with Gasteiger partial charge in [-0.1, -0.05) is 6.07 Å². The van der Waals surface area contributed by atoms with Crippen LogP contribution in [0.1, 0.15) is 12.0 Å². The van der Waals surface area contributed by atoms with Crippen LogP contribution >= 0.6 is 0 Å². The summed E-state index contributed by atoms with van der Waals surface area (Å²) in [7, 11) is 0. The van der Waals surface area contributed by atoms with Gasteiger partial charge in [-0.2, -0.15) is 0 Å². The second-order valence-electron chi connectivity index (χ2n) is 3.78. The van der Waals surface area contributed by atoms with Gasteiger partial charge in [-0.25, -0.2) is 13.6 Å². The van der Waals surface area contributed by atoms with Crippen molar-refractivity contribution in [2.75, 3.05) is 13.1 Å². The summed E-state index contributed by atoms with van der Waals surface area (Å²) >= 11 is 0. The van der Waals surface area contributed by atoms with Gasteiger partial charge in [0, 0.05) is 18.7 Å². The maximum Gasteiger partial charge on any atom is 0.314 e. The van der Waals surface area contributed by atoms with E-state index in [1.807, 2.05) is 0 Å². The van der Waals surface area contributed by atoms with Crippen molar-refractivity contribution in [2.24, 2.45) is 0 Å². The smallest absolute Gasteiger partial charge is 0.314 e. The summed E-state index contributed by atoms with van der Waals surface area (Å²) in [5, 5.41) is 13.1. The van der Waals surface area contributed by atoms with Gasteiger partial charge in [0.2, 0.25) is 0 Å². The maximum absolute atomic E-state index is 13.2. The van der Waals surface area contributed by atoms with Gasteiger partial charge < -0.3 is 15.7 Å². The number of halogens is 2. The molecule has 0 aliphatic rings. The summed E-state index contributed by atoms with van der Waals surface area (Å²) in [5.74, 6) is -2.34. The maximum atomic E-state index is 13.2. The van der Waals surface area contributed by atoms with Gasteiger partial charge >= 0.3 is 12.0 Å². The van der Waals surface area contributed by atoms with E-state index in [0.717, 1.165) is 12.1 Å². The number of hydrogen-bond acceptors (Lipinski definition) is 2. The molecule has 1 aromatic rings. The number of amides is 2. The molecular formula is C12H14F2N2O3. The number of benzene rings is 1. The average Bonchev–Trinajstić information content (AvgIpc) is 2.32. The number of hydrogen-bond donors (Lipinski definition) is 3. The number of carbonyl (C=O) groups excluding carboxylic acids is 1. The molecule has 3 N–H and O–H groups in total. The highest BCUT2D eigenvalue weighted by molar-refractivity contribution is 5.74. The zero-order valence-electron chi connectivity index (χ0n) is 10.1. The Bertz CT molecular complexity index is 446. The fourth-order valence-corrected chi connectivity index (χ4v) is 1.42. The number of carboxylic acid groups (broad SMARTS) is 1. The average molecular weight is 272 g/mol. The molecule has 0 saturated heterocycles. The molecule has 0 spiro atoms. The van der Waals surface area contributed by atoms with E-state index in [9.17, 15) is 18.4 Å². The number of rotatable bonds is 6. The molecule has 0 aromatic heterocycles. The number of carboxylic acids is 1. The topological polar surface area (TPSA) is 78.4 Å². The van der Waals surface area contributed by atoms with E-state index >= 15 is 0 Å². The molecule has 7 heteroatoms. The largest absolute Gasteiger partial charge is 0.481 e. The number of aliphatic carboxylic acids is 1. The van der Waals surface area contributed by atoms with E-state index < -0.39 is 23.6 Å². The highest BCUT2D eigenvalue weighted by atomic mass is 19.1. The van der Waals surface area contributed by atoms with Crippen molar-refractivity contribution in [2.45, 2.75) is 12.8 Å². The lowest BCUT2D eigenvalue weighted by Gasteiger charge is -2.08. The van der Waals surface area contributed by atoms with Gasteiger partial charge in [-0.05, 0) is 18.6 Å². The Balaban J connectivity index is 2.30. The van der Waals surface area contributed by atoms with Gasteiger partial charge in [0.15, 0.2) is 0 Å². The normalized spacial score (nSPS) is 10.0. The SMILES string of the molecule is O=C(O)CCNC(=O)NCCc1c(F)cccc1F. The lowest BCUT2D eigenvalue weighted by Crippen LogP contribution is -2.37. The Morgan fingerprint density at radius 2 is 1.68 bits per heavy atom. The summed E-state index contributed by atoms with van der Waals surface area (Å²) in [6.45, 7) is 0.0476. The van der Waals surface area contributed by atoms with E-state index in [-0.39, 0.29) is 31.5 Å². The molecule has 5 nitrogen and oxygen atoms in total. The van der Waals surface area contributed by atoms with Crippen LogP contribution in [-0.2, 0) is 11.2 Å². The summed E-state index contributed by atoms with van der Waals surface area (Å²) in [4.78, 5) is 21.4. The second-order valence-corrected chi connectivity index (χ2v) is 3.78. The van der Waals surface area contributed by atoms with Gasteiger partial charge in [-0.15, -0.1) is 0 Å². The molecule has 1 aromatic carbocycles. The first kappa shape index (κ1) is 14.9. The van der Waals surface area contributed by atoms with Crippen molar-refractivity contribution < 1.29 is 23.5 Å². The van der Waals surface area contributed by atoms with Crippen LogP contribution in [0.15, 0.2) is 18.2 Å². The van der Waals surface area contributed by atoms with Crippen LogP contribution in [0.2, 0.25) is 0 Å². The van der Waals surface area contributed by atoms with Crippen molar-refractivity contribution >= 4 is 12.0 Å². The summed E-state index contributed by atoms with van der Waals surface area (Å²) < 4.78 is 26.5. The predicted molar refractivity (Wildman–Crippen MR) is 63.7 cm³/mol. The minimum atomic E-state index is -1.02. The van der Waals surface area contributed by atoms with Crippen LogP contribution in [0.3, 0.4) is 0 Å². The molecular weight excluding hydrogens is 258 g/mol. The second kappa shape index (κ2) is 7.30. The molecule has 104 valence electrons. The molecule has 0 aliphatic heterocycles. The summed E-state index contributed by atoms with van der Waals surface area (Å²) in [6.07, 6.45) is -0.166. The lowest BCUT2D eigenvalue weighted by molar-refractivity contribution is -0.136.